The molecule has 0 aromatic carbocycles. The van der Waals surface area contributed by atoms with Gasteiger partial charge in [0, 0.05) is 0 Å². The molecule has 1 aliphatic rings. The Morgan fingerprint density at radius 3 is 2.23 bits per heavy atom. The van der Waals surface area contributed by atoms with E-state index >= 15 is 0 Å². The predicted octanol–water partition coefficient (Wildman–Crippen LogP) is -0.236. The molecule has 0 radical (unpaired) electrons. The number of hydrogen-bond donors (Lipinski definition) is 3. The van der Waals surface area contributed by atoms with Crippen molar-refractivity contribution in [1.82, 2.24) is 0 Å². The van der Waals surface area contributed by atoms with Crippen LogP contribution in [0.4, 0.5) is 0 Å². The molecule has 5 N–H and O–H groups in total. The number of carboxylic acids is 1. The number of aliphatic carboxylic acids is 1. The van der Waals surface area contributed by atoms with E-state index in [9.17, 15) is 9.70 Å². The molecule has 2 atom stereocenters. The van der Waals surface area contributed by atoms with E-state index in [1.54, 1.807) is 0 Å². The Hall–Kier alpha value is -1.01. The molecule has 0 aliphatic heterocycles. The summed E-state index contributed by atoms with van der Waals surface area (Å²) in [6.07, 6.45) is 1.79. The molecule has 0 unspecified atom stereocenters. The first-order valence-electron chi connectivity index (χ1n) is 4.12. The smallest absolute Gasteiger partial charge is 0.327 e. The van der Waals surface area contributed by atoms with Crippen LogP contribution in [0.3, 0.4) is 0 Å². The zero-order valence-electron chi connectivity index (χ0n) is 7.19. The summed E-state index contributed by atoms with van der Waals surface area (Å²) >= 11 is 0. The number of nitroso groups, excluding NO2 is 1. The van der Waals surface area contributed by atoms with Crippen molar-refractivity contribution < 1.29 is 9.90 Å². The molecule has 1 aliphatic carbocycles. The summed E-state index contributed by atoms with van der Waals surface area (Å²) in [6, 6.07) is 0. The number of nitrogens with zero attached hydrogens (tertiary/aromatic N) is 1. The van der Waals surface area contributed by atoms with Gasteiger partial charge in [-0.25, -0.2) is 0 Å². The number of carbonyl (C=O) groups is 1. The zero-order chi connectivity index (χ0) is 10.1. The Balaban J connectivity index is 3.03. The lowest BCUT2D eigenvalue weighted by molar-refractivity contribution is -0.147. The van der Waals surface area contributed by atoms with Gasteiger partial charge in [0.1, 0.15) is 0 Å². The van der Waals surface area contributed by atoms with E-state index in [1.165, 1.54) is 0 Å². The van der Waals surface area contributed by atoms with E-state index in [2.05, 4.69) is 5.18 Å². The highest BCUT2D eigenvalue weighted by molar-refractivity contribution is 5.80. The maximum absolute atomic E-state index is 10.8. The Labute approximate surface area is 75.3 Å². The highest BCUT2D eigenvalue weighted by Crippen LogP contribution is 2.34. The van der Waals surface area contributed by atoms with Crippen LogP contribution >= 0.6 is 0 Å². The summed E-state index contributed by atoms with van der Waals surface area (Å²) in [6.45, 7) is 0. The van der Waals surface area contributed by atoms with Gasteiger partial charge < -0.3 is 16.6 Å². The Bertz CT molecular complexity index is 245. The van der Waals surface area contributed by atoms with Crippen LogP contribution in [0.5, 0.6) is 0 Å². The van der Waals surface area contributed by atoms with Crippen molar-refractivity contribution in [3.05, 3.63) is 4.91 Å². The van der Waals surface area contributed by atoms with E-state index in [1.807, 2.05) is 0 Å². The number of nitrogens with two attached hydrogens (primary N) is 2. The third-order valence-electron chi connectivity index (χ3n) is 2.70. The molecule has 6 nitrogen and oxygen atoms in total. The lowest BCUT2D eigenvalue weighted by Crippen LogP contribution is -2.70. The topological polar surface area (TPSA) is 119 Å². The molecule has 0 spiro atoms. The molecule has 74 valence electrons. The van der Waals surface area contributed by atoms with Gasteiger partial charge in [0.15, 0.2) is 11.2 Å². The fraction of sp³-hybridized carbons (Fsp3) is 0.857. The molecule has 0 heterocycles. The molecular weight excluding hydrogens is 174 g/mol. The molecule has 1 saturated carbocycles. The van der Waals surface area contributed by atoms with Crippen molar-refractivity contribution in [2.45, 2.75) is 36.9 Å². The van der Waals surface area contributed by atoms with Crippen LogP contribution in [0.15, 0.2) is 5.18 Å². The first-order valence-corrected chi connectivity index (χ1v) is 4.12. The van der Waals surface area contributed by atoms with Crippen LogP contribution in [-0.4, -0.2) is 22.3 Å². The summed E-state index contributed by atoms with van der Waals surface area (Å²) in [7, 11) is 0. The zero-order valence-corrected chi connectivity index (χ0v) is 7.19. The minimum Gasteiger partial charge on any atom is -0.480 e. The molecule has 0 aromatic heterocycles. The van der Waals surface area contributed by atoms with E-state index in [0.29, 0.717) is 12.8 Å². The monoisotopic (exact) mass is 187 g/mol. The predicted molar refractivity (Wildman–Crippen MR) is 45.7 cm³/mol. The standard InChI is InChI=1S/C7H13N3O3/c8-6(5(11)12)3-1-2-4-7(6,9)10-13/h1-4,8-9H2,(H,11,12)/t6-,7-/m0/s1. The summed E-state index contributed by atoms with van der Waals surface area (Å²) in [4.78, 5) is 21.3. The van der Waals surface area contributed by atoms with Crippen LogP contribution in [-0.2, 0) is 4.79 Å². The minimum absolute atomic E-state index is 0.199. The lowest BCUT2D eigenvalue weighted by Gasteiger charge is -2.40. The van der Waals surface area contributed by atoms with Crippen molar-refractivity contribution in [3.8, 4) is 0 Å². The Kier molecular flexibility index (Phi) is 2.36. The van der Waals surface area contributed by atoms with Crippen LogP contribution < -0.4 is 11.5 Å². The highest BCUT2D eigenvalue weighted by atomic mass is 16.4. The largest absolute Gasteiger partial charge is 0.480 e. The molecule has 0 amide bonds. The van der Waals surface area contributed by atoms with Crippen molar-refractivity contribution in [3.63, 3.8) is 0 Å². The Morgan fingerprint density at radius 1 is 1.31 bits per heavy atom. The SMILES string of the molecule is N[C@]1(N=O)CCCC[C@]1(N)C(=O)O. The second-order valence-electron chi connectivity index (χ2n) is 3.50. The maximum Gasteiger partial charge on any atom is 0.327 e. The second kappa shape index (κ2) is 3.04. The van der Waals surface area contributed by atoms with Gasteiger partial charge in [0.2, 0.25) is 0 Å². The van der Waals surface area contributed by atoms with E-state index < -0.39 is 17.2 Å². The fourth-order valence-electron chi connectivity index (χ4n) is 1.66. The Morgan fingerprint density at radius 2 is 1.85 bits per heavy atom. The summed E-state index contributed by atoms with van der Waals surface area (Å²) < 4.78 is 0. The average molecular weight is 187 g/mol. The van der Waals surface area contributed by atoms with Gasteiger partial charge in [-0.15, -0.1) is 4.91 Å². The number of carboxylic acid groups (broad SMARTS) is 1. The molecule has 0 bridgehead atoms. The number of hydrogen-bond acceptors (Lipinski definition) is 5. The van der Waals surface area contributed by atoms with E-state index in [4.69, 9.17) is 16.6 Å². The fourth-order valence-corrected chi connectivity index (χ4v) is 1.66. The molecule has 6 heteroatoms. The van der Waals surface area contributed by atoms with Crippen LogP contribution in [0.2, 0.25) is 0 Å². The third kappa shape index (κ3) is 1.31. The highest BCUT2D eigenvalue weighted by Gasteiger charge is 2.55. The van der Waals surface area contributed by atoms with Gasteiger partial charge in [0.05, 0.1) is 0 Å². The van der Waals surface area contributed by atoms with Gasteiger partial charge in [-0.05, 0) is 24.4 Å². The molecule has 0 saturated heterocycles. The molecular formula is C7H13N3O3. The molecule has 1 fully saturated rings. The van der Waals surface area contributed by atoms with E-state index in [-0.39, 0.29) is 12.8 Å². The van der Waals surface area contributed by atoms with Crippen molar-refractivity contribution in [2.24, 2.45) is 16.6 Å². The van der Waals surface area contributed by atoms with E-state index in [0.717, 1.165) is 0 Å². The average Bonchev–Trinajstić information content (AvgIpc) is 2.10. The third-order valence-corrected chi connectivity index (χ3v) is 2.70. The van der Waals surface area contributed by atoms with Crippen LogP contribution in [0, 0.1) is 4.91 Å². The summed E-state index contributed by atoms with van der Waals surface area (Å²) in [5.74, 6) is -1.26. The van der Waals surface area contributed by atoms with Crippen molar-refractivity contribution in [1.29, 1.82) is 0 Å². The second-order valence-corrected chi connectivity index (χ2v) is 3.50. The maximum atomic E-state index is 10.8. The molecule has 1 rings (SSSR count). The van der Waals surface area contributed by atoms with Crippen LogP contribution in [0.1, 0.15) is 25.7 Å². The first kappa shape index (κ1) is 10.1. The molecule has 0 aromatic rings. The van der Waals surface area contributed by atoms with Crippen LogP contribution in [0.25, 0.3) is 0 Å². The first-order chi connectivity index (χ1) is 5.96. The minimum atomic E-state index is -1.70. The van der Waals surface area contributed by atoms with Crippen molar-refractivity contribution >= 4 is 5.97 Å². The number of rotatable bonds is 2. The molecule has 13 heavy (non-hydrogen) atoms. The van der Waals surface area contributed by atoms with Gasteiger partial charge in [-0.1, -0.05) is 6.42 Å². The normalized spacial score (nSPS) is 39.8. The van der Waals surface area contributed by atoms with Crippen molar-refractivity contribution in [2.75, 3.05) is 0 Å². The van der Waals surface area contributed by atoms with Gasteiger partial charge in [-0.3, -0.25) is 4.79 Å². The summed E-state index contributed by atoms with van der Waals surface area (Å²) in [5, 5.41) is 11.5. The summed E-state index contributed by atoms with van der Waals surface area (Å²) in [5.41, 5.74) is 7.77. The lowest BCUT2D eigenvalue weighted by atomic mass is 9.74. The van der Waals surface area contributed by atoms with Gasteiger partial charge >= 0.3 is 5.97 Å². The van der Waals surface area contributed by atoms with Gasteiger partial charge in [0.25, 0.3) is 0 Å². The quantitative estimate of drug-likeness (QED) is 0.515. The van der Waals surface area contributed by atoms with Gasteiger partial charge in [-0.2, -0.15) is 0 Å².